The van der Waals surface area contributed by atoms with E-state index in [-0.39, 0.29) is 23.1 Å². The van der Waals surface area contributed by atoms with Crippen molar-refractivity contribution in [3.05, 3.63) is 143 Å². The molecule has 1 N–H and O–H groups in total. The van der Waals surface area contributed by atoms with Crippen LogP contribution >= 0.6 is 0 Å². The summed E-state index contributed by atoms with van der Waals surface area (Å²) in [6.45, 7) is 14.3. The van der Waals surface area contributed by atoms with E-state index in [2.05, 4.69) is 131 Å². The van der Waals surface area contributed by atoms with Gasteiger partial charge in [0.05, 0.1) is 5.41 Å². The van der Waals surface area contributed by atoms with Crippen LogP contribution in [0.3, 0.4) is 0 Å². The Morgan fingerprint density at radius 2 is 1.62 bits per heavy atom. The van der Waals surface area contributed by atoms with Gasteiger partial charge in [0.15, 0.2) is 12.3 Å². The summed E-state index contributed by atoms with van der Waals surface area (Å²) in [5.74, 6) is -0.337. The smallest absolute Gasteiger partial charge is 0.271 e. The lowest BCUT2D eigenvalue weighted by Crippen LogP contribution is -2.29. The molecule has 0 spiro atoms. The number of likely N-dealkylation sites (N-methyl/N-ethyl adjacent to an activating group) is 1. The highest BCUT2D eigenvalue weighted by Crippen LogP contribution is 2.48. The van der Waals surface area contributed by atoms with Crippen molar-refractivity contribution < 1.29 is 17.5 Å². The average molecular weight is 622 g/mol. The number of nitrogens with zero attached hydrogens (tertiary/aromatic N) is 2. The lowest BCUT2D eigenvalue weighted by atomic mass is 9.81. The predicted molar refractivity (Wildman–Crippen MR) is 187 cm³/mol. The molecule has 5 rings (SSSR count). The maximum Gasteiger partial charge on any atom is 0.271 e. The number of allylic oxidation sites excluding steroid dienone is 8. The van der Waals surface area contributed by atoms with E-state index in [1.807, 2.05) is 28.8 Å². The lowest BCUT2D eigenvalue weighted by Gasteiger charge is -2.25. The van der Waals surface area contributed by atoms with Gasteiger partial charge in [-0.3, -0.25) is 4.55 Å². The zero-order chi connectivity index (χ0) is 32.4. The normalized spacial score (nSPS) is 18.4. The van der Waals surface area contributed by atoms with Crippen LogP contribution in [0.25, 0.3) is 0 Å². The van der Waals surface area contributed by atoms with Crippen LogP contribution in [-0.2, 0) is 27.4 Å². The van der Waals surface area contributed by atoms with Crippen LogP contribution in [0, 0.1) is 6.92 Å². The predicted octanol–water partition coefficient (Wildman–Crippen LogP) is 8.24. The SMILES string of the molecule is CCN1/C(=C/C=C/C(=C/C=C/C2=[N+](CCS(=O)(=O)O)c3ccccc3C2(C)C)Cc2ccccc2)C(C)(C)c2cc(C)ccc21. The van der Waals surface area contributed by atoms with E-state index in [4.69, 9.17) is 0 Å². The Labute approximate surface area is 269 Å². The summed E-state index contributed by atoms with van der Waals surface area (Å²) in [4.78, 5) is 2.41. The molecule has 0 fully saturated rings. The van der Waals surface area contributed by atoms with Crippen LogP contribution in [0.4, 0.5) is 11.4 Å². The molecule has 0 amide bonds. The van der Waals surface area contributed by atoms with E-state index < -0.39 is 10.1 Å². The quantitative estimate of drug-likeness (QED) is 0.141. The fourth-order valence-corrected chi connectivity index (χ4v) is 7.16. The molecule has 0 saturated heterocycles. The first-order valence-electron chi connectivity index (χ1n) is 15.7. The number of hydrogen-bond donors (Lipinski definition) is 1. The minimum Gasteiger partial charge on any atom is -0.344 e. The van der Waals surface area contributed by atoms with Gasteiger partial charge in [-0.1, -0.05) is 104 Å². The number of rotatable bonds is 10. The van der Waals surface area contributed by atoms with Gasteiger partial charge >= 0.3 is 0 Å². The first-order chi connectivity index (χ1) is 21.3. The van der Waals surface area contributed by atoms with E-state index in [1.54, 1.807) is 0 Å². The van der Waals surface area contributed by atoms with Crippen molar-refractivity contribution in [3.63, 3.8) is 0 Å². The Kier molecular flexibility index (Phi) is 9.20. The van der Waals surface area contributed by atoms with E-state index in [0.29, 0.717) is 0 Å². The first kappa shape index (κ1) is 32.4. The summed E-state index contributed by atoms with van der Waals surface area (Å²) >= 11 is 0. The van der Waals surface area contributed by atoms with Gasteiger partial charge in [-0.05, 0) is 63.0 Å². The molecule has 234 valence electrons. The Morgan fingerprint density at radius 3 is 2.33 bits per heavy atom. The second-order valence-electron chi connectivity index (χ2n) is 13.0. The molecule has 0 unspecified atom stereocenters. The molecule has 3 aromatic carbocycles. The standard InChI is InChI=1S/C39H44N2O3S/c1-7-40-35-24-23-29(2)27-33(35)39(5,6)36(40)21-13-17-31(28-30-15-9-8-10-16-30)18-14-22-37-38(3,4)32-19-11-12-20-34(32)41(37)25-26-45(42,43)44/h8-24,27H,7,25-26,28H2,1-6H3/p+1. The van der Waals surface area contributed by atoms with Crippen LogP contribution in [-0.4, -0.2) is 42.1 Å². The molecule has 5 nitrogen and oxygen atoms in total. The molecule has 0 aliphatic carbocycles. The minimum absolute atomic E-state index is 0.101. The lowest BCUT2D eigenvalue weighted by molar-refractivity contribution is -0.432. The van der Waals surface area contributed by atoms with Gasteiger partial charge in [0.2, 0.25) is 5.69 Å². The molecule has 2 aliphatic heterocycles. The van der Waals surface area contributed by atoms with Crippen molar-refractivity contribution in [2.45, 2.75) is 58.8 Å². The zero-order valence-corrected chi connectivity index (χ0v) is 28.1. The summed E-state index contributed by atoms with van der Waals surface area (Å²) < 4.78 is 34.9. The van der Waals surface area contributed by atoms with Gasteiger partial charge < -0.3 is 4.90 Å². The topological polar surface area (TPSA) is 60.6 Å². The highest BCUT2D eigenvalue weighted by molar-refractivity contribution is 7.85. The van der Waals surface area contributed by atoms with Crippen molar-refractivity contribution in [1.82, 2.24) is 0 Å². The summed E-state index contributed by atoms with van der Waals surface area (Å²) in [6.07, 6.45) is 13.7. The first-order valence-corrected chi connectivity index (χ1v) is 17.3. The minimum atomic E-state index is -4.10. The molecule has 0 saturated carbocycles. The molecule has 0 bridgehead atoms. The number of anilines is 1. The highest BCUT2D eigenvalue weighted by atomic mass is 32.2. The molecule has 0 aromatic heterocycles. The monoisotopic (exact) mass is 621 g/mol. The van der Waals surface area contributed by atoms with E-state index in [0.717, 1.165) is 35.5 Å². The fraction of sp³-hybridized carbons (Fsp3) is 0.308. The Hall–Kier alpha value is -4.00. The Balaban J connectivity index is 1.50. The number of para-hydroxylation sites is 1. The maximum absolute atomic E-state index is 11.7. The molecular formula is C39H45N2O3S+. The van der Waals surface area contributed by atoms with Gasteiger partial charge in [0, 0.05) is 41.1 Å². The third kappa shape index (κ3) is 6.82. The third-order valence-electron chi connectivity index (χ3n) is 9.12. The summed E-state index contributed by atoms with van der Waals surface area (Å²) in [5, 5.41) is 0. The van der Waals surface area contributed by atoms with E-state index in [9.17, 15) is 13.0 Å². The van der Waals surface area contributed by atoms with E-state index in [1.165, 1.54) is 28.1 Å². The van der Waals surface area contributed by atoms with Crippen molar-refractivity contribution >= 4 is 27.2 Å². The van der Waals surface area contributed by atoms with Gasteiger partial charge in [0.1, 0.15) is 5.75 Å². The van der Waals surface area contributed by atoms with Crippen molar-refractivity contribution in [2.24, 2.45) is 0 Å². The van der Waals surface area contributed by atoms with Crippen LogP contribution in [0.15, 0.2) is 121 Å². The zero-order valence-electron chi connectivity index (χ0n) is 27.3. The molecule has 2 aliphatic rings. The summed E-state index contributed by atoms with van der Waals surface area (Å²) in [5.41, 5.74) is 10.3. The highest BCUT2D eigenvalue weighted by Gasteiger charge is 2.44. The summed E-state index contributed by atoms with van der Waals surface area (Å²) in [6, 6.07) is 25.3. The van der Waals surface area contributed by atoms with Crippen LogP contribution in [0.5, 0.6) is 0 Å². The summed E-state index contributed by atoms with van der Waals surface area (Å²) in [7, 11) is -4.10. The number of aryl methyl sites for hydroxylation is 1. The van der Waals surface area contributed by atoms with Crippen molar-refractivity contribution in [1.29, 1.82) is 0 Å². The van der Waals surface area contributed by atoms with Crippen molar-refractivity contribution in [3.8, 4) is 0 Å². The fourth-order valence-electron chi connectivity index (χ4n) is 6.75. The molecule has 0 radical (unpaired) electrons. The Bertz CT molecular complexity index is 1840. The van der Waals surface area contributed by atoms with Crippen molar-refractivity contribution in [2.75, 3.05) is 23.7 Å². The molecule has 2 heterocycles. The number of benzene rings is 3. The second-order valence-corrected chi connectivity index (χ2v) is 14.6. The van der Waals surface area contributed by atoms with Crippen LogP contribution < -0.4 is 4.90 Å². The largest absolute Gasteiger partial charge is 0.344 e. The molecule has 6 heteroatoms. The van der Waals surface area contributed by atoms with Crippen LogP contribution in [0.1, 0.15) is 56.9 Å². The van der Waals surface area contributed by atoms with Gasteiger partial charge in [0.25, 0.3) is 10.1 Å². The van der Waals surface area contributed by atoms with E-state index >= 15 is 0 Å². The number of fused-ring (bicyclic) bond motifs is 2. The molecule has 3 aromatic rings. The van der Waals surface area contributed by atoms with Crippen LogP contribution in [0.2, 0.25) is 0 Å². The molecule has 0 atom stereocenters. The molecular weight excluding hydrogens is 577 g/mol. The maximum atomic E-state index is 11.7. The number of hydrogen-bond acceptors (Lipinski definition) is 3. The van der Waals surface area contributed by atoms with Gasteiger partial charge in [-0.25, -0.2) is 0 Å². The van der Waals surface area contributed by atoms with Gasteiger partial charge in [-0.15, -0.1) is 0 Å². The third-order valence-corrected chi connectivity index (χ3v) is 9.81. The van der Waals surface area contributed by atoms with Gasteiger partial charge in [-0.2, -0.15) is 13.0 Å². The second kappa shape index (κ2) is 12.8. The Morgan fingerprint density at radius 1 is 0.911 bits per heavy atom. The molecule has 45 heavy (non-hydrogen) atoms. The average Bonchev–Trinajstić information content (AvgIpc) is 3.34.